The van der Waals surface area contributed by atoms with Crippen molar-refractivity contribution in [2.24, 2.45) is 0 Å². The summed E-state index contributed by atoms with van der Waals surface area (Å²) >= 11 is 1.54. The minimum Gasteiger partial charge on any atom is -0.365 e. The molecule has 0 bridgehead atoms. The highest BCUT2D eigenvalue weighted by Crippen LogP contribution is 2.20. The maximum Gasteiger partial charge on any atom is 0.183 e. The summed E-state index contributed by atoms with van der Waals surface area (Å²) in [7, 11) is 1.84. The van der Waals surface area contributed by atoms with Crippen LogP contribution in [0.15, 0.2) is 11.7 Å². The Balaban J connectivity index is 2.35. The molecule has 2 aromatic rings. The summed E-state index contributed by atoms with van der Waals surface area (Å²) in [5.74, 6) is 0.702. The Bertz CT molecular complexity index is 352. The van der Waals surface area contributed by atoms with Crippen LogP contribution in [0.1, 0.15) is 0 Å². The Morgan fingerprint density at radius 1 is 1.58 bits per heavy atom. The second-order valence-corrected chi connectivity index (χ2v) is 2.98. The van der Waals surface area contributed by atoms with Gasteiger partial charge in [-0.15, -0.1) is 11.3 Å². The Hall–Kier alpha value is -1.43. The molecule has 0 saturated carbocycles. The van der Waals surface area contributed by atoms with Crippen molar-refractivity contribution in [2.75, 3.05) is 12.4 Å². The van der Waals surface area contributed by atoms with Crippen LogP contribution >= 0.6 is 11.3 Å². The van der Waals surface area contributed by atoms with E-state index in [-0.39, 0.29) is 0 Å². The number of anilines is 1. The van der Waals surface area contributed by atoms with Crippen LogP contribution in [0.25, 0.3) is 11.5 Å². The lowest BCUT2D eigenvalue weighted by molar-refractivity contribution is 1.09. The lowest BCUT2D eigenvalue weighted by Crippen LogP contribution is -1.86. The lowest BCUT2D eigenvalue weighted by Gasteiger charge is -1.88. The summed E-state index contributed by atoms with van der Waals surface area (Å²) in [6, 6.07) is 0. The molecule has 0 aromatic carbocycles. The van der Waals surface area contributed by atoms with Crippen molar-refractivity contribution in [1.82, 2.24) is 20.2 Å². The zero-order valence-electron chi connectivity index (χ0n) is 6.40. The van der Waals surface area contributed by atoms with Crippen molar-refractivity contribution >= 4 is 16.5 Å². The highest BCUT2D eigenvalue weighted by atomic mass is 32.1. The summed E-state index contributed by atoms with van der Waals surface area (Å²) in [5.41, 5.74) is 0.821. The number of rotatable bonds is 2. The molecule has 2 aromatic heterocycles. The Kier molecular flexibility index (Phi) is 1.75. The van der Waals surface area contributed by atoms with Gasteiger partial charge in [0.2, 0.25) is 0 Å². The molecule has 0 aliphatic rings. The number of nitrogens with one attached hydrogen (secondary N) is 2. The second kappa shape index (κ2) is 2.90. The molecule has 0 saturated heterocycles. The zero-order valence-corrected chi connectivity index (χ0v) is 7.22. The van der Waals surface area contributed by atoms with Gasteiger partial charge in [-0.05, 0) is 0 Å². The van der Waals surface area contributed by atoms with E-state index in [1.807, 2.05) is 12.4 Å². The molecule has 2 heterocycles. The molecule has 0 radical (unpaired) electrons. The Morgan fingerprint density at radius 2 is 2.50 bits per heavy atom. The van der Waals surface area contributed by atoms with E-state index in [1.54, 1.807) is 0 Å². The second-order valence-electron chi connectivity index (χ2n) is 2.12. The Morgan fingerprint density at radius 3 is 3.08 bits per heavy atom. The van der Waals surface area contributed by atoms with E-state index in [1.165, 1.54) is 17.7 Å². The molecule has 0 spiro atoms. The van der Waals surface area contributed by atoms with Crippen molar-refractivity contribution in [3.63, 3.8) is 0 Å². The third-order valence-electron chi connectivity index (χ3n) is 1.38. The van der Waals surface area contributed by atoms with Crippen molar-refractivity contribution < 1.29 is 0 Å². The van der Waals surface area contributed by atoms with E-state index in [4.69, 9.17) is 0 Å². The SMILES string of the molecule is CNc1nc(-c2ncn[nH]2)cs1. The first kappa shape index (κ1) is 7.23. The fourth-order valence-electron chi connectivity index (χ4n) is 0.826. The number of H-pyrrole nitrogens is 1. The van der Waals surface area contributed by atoms with Crippen LogP contribution in [0.3, 0.4) is 0 Å². The van der Waals surface area contributed by atoms with Crippen molar-refractivity contribution in [2.45, 2.75) is 0 Å². The van der Waals surface area contributed by atoms with Crippen LogP contribution in [0.5, 0.6) is 0 Å². The van der Waals surface area contributed by atoms with Gasteiger partial charge in [-0.2, -0.15) is 5.10 Å². The zero-order chi connectivity index (χ0) is 8.39. The highest BCUT2D eigenvalue weighted by molar-refractivity contribution is 7.14. The first-order chi connectivity index (χ1) is 5.90. The van der Waals surface area contributed by atoms with E-state index in [0.717, 1.165) is 10.8 Å². The van der Waals surface area contributed by atoms with Crippen molar-refractivity contribution in [3.8, 4) is 11.5 Å². The number of aromatic amines is 1. The van der Waals surface area contributed by atoms with Gasteiger partial charge in [0, 0.05) is 12.4 Å². The fourth-order valence-corrected chi connectivity index (χ4v) is 1.48. The van der Waals surface area contributed by atoms with E-state index < -0.39 is 0 Å². The summed E-state index contributed by atoms with van der Waals surface area (Å²) in [4.78, 5) is 8.23. The number of hydrogen-bond acceptors (Lipinski definition) is 5. The van der Waals surface area contributed by atoms with Crippen molar-refractivity contribution in [1.29, 1.82) is 0 Å². The Labute approximate surface area is 72.9 Å². The molecule has 0 unspecified atom stereocenters. The fraction of sp³-hybridized carbons (Fsp3) is 0.167. The topological polar surface area (TPSA) is 66.5 Å². The normalized spacial score (nSPS) is 10.1. The average molecular weight is 181 g/mol. The monoisotopic (exact) mass is 181 g/mol. The van der Waals surface area contributed by atoms with Gasteiger partial charge in [0.15, 0.2) is 11.0 Å². The van der Waals surface area contributed by atoms with Crippen LogP contribution in [0, 0.1) is 0 Å². The molecule has 0 aliphatic carbocycles. The number of aromatic nitrogens is 4. The average Bonchev–Trinajstić information content (AvgIpc) is 2.75. The van der Waals surface area contributed by atoms with Crippen LogP contribution in [0.4, 0.5) is 5.13 Å². The van der Waals surface area contributed by atoms with E-state index >= 15 is 0 Å². The molecule has 0 fully saturated rings. The number of thiazole rings is 1. The third kappa shape index (κ3) is 1.16. The number of nitrogens with zero attached hydrogens (tertiary/aromatic N) is 3. The molecule has 62 valence electrons. The molecule has 2 rings (SSSR count). The summed E-state index contributed by atoms with van der Waals surface area (Å²) in [6.45, 7) is 0. The maximum atomic E-state index is 4.24. The predicted molar refractivity (Wildman–Crippen MR) is 47.0 cm³/mol. The van der Waals surface area contributed by atoms with E-state index in [0.29, 0.717) is 5.82 Å². The largest absolute Gasteiger partial charge is 0.365 e. The molecule has 12 heavy (non-hydrogen) atoms. The van der Waals surface area contributed by atoms with Crippen LogP contribution in [-0.4, -0.2) is 27.2 Å². The molecule has 6 heteroatoms. The van der Waals surface area contributed by atoms with Crippen molar-refractivity contribution in [3.05, 3.63) is 11.7 Å². The summed E-state index contributed by atoms with van der Waals surface area (Å²) in [5, 5.41) is 12.2. The van der Waals surface area contributed by atoms with Gasteiger partial charge in [-0.25, -0.2) is 9.97 Å². The van der Waals surface area contributed by atoms with Gasteiger partial charge >= 0.3 is 0 Å². The summed E-state index contributed by atoms with van der Waals surface area (Å²) in [6.07, 6.45) is 1.47. The van der Waals surface area contributed by atoms with Gasteiger partial charge in [-0.3, -0.25) is 5.10 Å². The molecule has 2 N–H and O–H groups in total. The van der Waals surface area contributed by atoms with Crippen LogP contribution in [0.2, 0.25) is 0 Å². The molecule has 5 nitrogen and oxygen atoms in total. The summed E-state index contributed by atoms with van der Waals surface area (Å²) < 4.78 is 0. The van der Waals surface area contributed by atoms with Crippen LogP contribution in [-0.2, 0) is 0 Å². The van der Waals surface area contributed by atoms with Crippen LogP contribution < -0.4 is 5.32 Å². The van der Waals surface area contributed by atoms with Gasteiger partial charge in [0.05, 0.1) is 0 Å². The maximum absolute atomic E-state index is 4.24. The third-order valence-corrected chi connectivity index (χ3v) is 2.24. The van der Waals surface area contributed by atoms with Gasteiger partial charge in [0.1, 0.15) is 12.0 Å². The molecular formula is C6H7N5S. The minimum atomic E-state index is 0.702. The van der Waals surface area contributed by atoms with Gasteiger partial charge < -0.3 is 5.32 Å². The minimum absolute atomic E-state index is 0.702. The number of hydrogen-bond donors (Lipinski definition) is 2. The lowest BCUT2D eigenvalue weighted by atomic mass is 10.5. The van der Waals surface area contributed by atoms with Gasteiger partial charge in [-0.1, -0.05) is 0 Å². The standard InChI is InChI=1S/C6H7N5S/c1-7-6-10-4(2-12-6)5-8-3-9-11-5/h2-3H,1H3,(H,7,10)(H,8,9,11). The predicted octanol–water partition coefficient (Wildman–Crippen LogP) is 0.970. The van der Waals surface area contributed by atoms with E-state index in [2.05, 4.69) is 25.5 Å². The smallest absolute Gasteiger partial charge is 0.183 e. The molecule has 0 aliphatic heterocycles. The highest BCUT2D eigenvalue weighted by Gasteiger charge is 2.04. The molecule has 0 atom stereocenters. The quantitative estimate of drug-likeness (QED) is 0.724. The first-order valence-electron chi connectivity index (χ1n) is 3.39. The molecule has 0 amide bonds. The molecular weight excluding hydrogens is 174 g/mol. The van der Waals surface area contributed by atoms with Gasteiger partial charge in [0.25, 0.3) is 0 Å². The first-order valence-corrected chi connectivity index (χ1v) is 4.27. The van der Waals surface area contributed by atoms with E-state index in [9.17, 15) is 0 Å².